The zero-order valence-electron chi connectivity index (χ0n) is 19.0. The van der Waals surface area contributed by atoms with Crippen LogP contribution in [0, 0.1) is 0 Å². The van der Waals surface area contributed by atoms with E-state index in [2.05, 4.69) is 16.4 Å². The molecule has 33 heavy (non-hydrogen) atoms. The van der Waals surface area contributed by atoms with Crippen LogP contribution in [0.15, 0.2) is 40.8 Å². The van der Waals surface area contributed by atoms with E-state index in [1.165, 1.54) is 23.3 Å². The molecule has 2 aromatic carbocycles. The number of hydrogen-bond donors (Lipinski definition) is 1. The first-order chi connectivity index (χ1) is 16.1. The molecule has 0 atom stereocenters. The van der Waals surface area contributed by atoms with Crippen LogP contribution in [0.1, 0.15) is 43.6 Å². The number of hydrogen-bond acceptors (Lipinski definition) is 6. The molecule has 1 N–H and O–H groups in total. The number of furan rings is 1. The van der Waals surface area contributed by atoms with Gasteiger partial charge in [-0.1, -0.05) is 11.3 Å². The van der Waals surface area contributed by atoms with Crippen LogP contribution in [-0.2, 0) is 17.6 Å². The van der Waals surface area contributed by atoms with E-state index in [4.69, 9.17) is 13.9 Å². The fourth-order valence-electron chi connectivity index (χ4n) is 4.40. The van der Waals surface area contributed by atoms with E-state index in [1.807, 2.05) is 38.1 Å². The number of nitrogens with one attached hydrogen (secondary N) is 1. The number of thiazole rings is 1. The van der Waals surface area contributed by atoms with Crippen LogP contribution in [0.25, 0.3) is 26.8 Å². The number of carbonyl (C=O) groups is 1. The van der Waals surface area contributed by atoms with Gasteiger partial charge in [0, 0.05) is 35.1 Å². The number of nitrogens with zero attached hydrogens (tertiary/aromatic N) is 1. The number of allylic oxidation sites excluding steroid dienone is 1. The summed E-state index contributed by atoms with van der Waals surface area (Å²) in [7, 11) is 1.64. The van der Waals surface area contributed by atoms with Crippen LogP contribution in [-0.4, -0.2) is 24.6 Å². The number of benzene rings is 2. The molecule has 0 aliphatic heterocycles. The number of carbonyl (C=O) groups excluding carboxylic acids is 1. The van der Waals surface area contributed by atoms with Crippen molar-refractivity contribution in [2.45, 2.75) is 39.5 Å². The Kier molecular flexibility index (Phi) is 5.81. The monoisotopic (exact) mass is 462 g/mol. The molecule has 2 aromatic heterocycles. The Hall–Kier alpha value is -3.32. The van der Waals surface area contributed by atoms with Crippen LogP contribution in [0.2, 0.25) is 0 Å². The van der Waals surface area contributed by atoms with Gasteiger partial charge in [-0.25, -0.2) is 4.98 Å². The second kappa shape index (κ2) is 8.90. The molecular formula is C26H26N2O4S. The number of anilines is 1. The van der Waals surface area contributed by atoms with Gasteiger partial charge in [-0.3, -0.25) is 10.1 Å². The Morgan fingerprint density at radius 3 is 2.91 bits per heavy atom. The number of amides is 1. The lowest BCUT2D eigenvalue weighted by Gasteiger charge is -2.11. The van der Waals surface area contributed by atoms with Crippen molar-refractivity contribution in [2.24, 2.45) is 0 Å². The number of methoxy groups -OCH3 is 1. The van der Waals surface area contributed by atoms with Crippen molar-refractivity contribution in [3.63, 3.8) is 0 Å². The maximum absolute atomic E-state index is 12.8. The number of aromatic nitrogens is 1. The first kappa shape index (κ1) is 21.5. The van der Waals surface area contributed by atoms with Gasteiger partial charge in [0.15, 0.2) is 5.13 Å². The third-order valence-electron chi connectivity index (χ3n) is 5.95. The fourth-order valence-corrected chi connectivity index (χ4v) is 5.29. The van der Waals surface area contributed by atoms with Crippen LogP contribution >= 0.6 is 11.3 Å². The highest BCUT2D eigenvalue weighted by atomic mass is 32.1. The Balaban J connectivity index is 1.42. The van der Waals surface area contributed by atoms with Gasteiger partial charge in [0.05, 0.1) is 23.9 Å². The highest BCUT2D eigenvalue weighted by Crippen LogP contribution is 2.38. The second-order valence-electron chi connectivity index (χ2n) is 8.16. The highest BCUT2D eigenvalue weighted by Gasteiger charge is 2.20. The lowest BCUT2D eigenvalue weighted by molar-refractivity contribution is -0.111. The molecule has 4 aromatic rings. The van der Waals surface area contributed by atoms with Gasteiger partial charge in [0.1, 0.15) is 22.8 Å². The third kappa shape index (κ3) is 4.20. The topological polar surface area (TPSA) is 73.6 Å². The quantitative estimate of drug-likeness (QED) is 0.337. The van der Waals surface area contributed by atoms with Crippen molar-refractivity contribution in [1.82, 2.24) is 4.98 Å². The fraction of sp³-hybridized carbons (Fsp3) is 0.308. The van der Waals surface area contributed by atoms with E-state index in [0.717, 1.165) is 63.1 Å². The summed E-state index contributed by atoms with van der Waals surface area (Å²) < 4.78 is 18.2. The Labute approximate surface area is 196 Å². The molecule has 0 bridgehead atoms. The molecule has 1 amide bonds. The minimum atomic E-state index is -0.229. The van der Waals surface area contributed by atoms with Crippen molar-refractivity contribution in [3.8, 4) is 11.5 Å². The molecule has 5 rings (SSSR count). The van der Waals surface area contributed by atoms with Gasteiger partial charge in [0.25, 0.3) is 0 Å². The summed E-state index contributed by atoms with van der Waals surface area (Å²) in [5, 5.41) is 4.57. The molecule has 0 unspecified atom stereocenters. The van der Waals surface area contributed by atoms with Crippen LogP contribution < -0.4 is 14.8 Å². The molecule has 0 spiro atoms. The van der Waals surface area contributed by atoms with Gasteiger partial charge in [0.2, 0.25) is 5.91 Å². The number of aryl methyl sites for hydroxylation is 2. The highest BCUT2D eigenvalue weighted by molar-refractivity contribution is 7.22. The van der Waals surface area contributed by atoms with Crippen molar-refractivity contribution in [3.05, 3.63) is 53.3 Å². The average Bonchev–Trinajstić information content (AvgIpc) is 3.37. The predicted molar refractivity (Wildman–Crippen MR) is 132 cm³/mol. The summed E-state index contributed by atoms with van der Waals surface area (Å²) in [6.07, 6.45) is 5.93. The molecule has 170 valence electrons. The van der Waals surface area contributed by atoms with E-state index in [1.54, 1.807) is 13.2 Å². The van der Waals surface area contributed by atoms with Gasteiger partial charge in [-0.2, -0.15) is 0 Å². The Morgan fingerprint density at radius 1 is 1.24 bits per heavy atom. The minimum absolute atomic E-state index is 0.229. The number of rotatable bonds is 6. The lowest BCUT2D eigenvalue weighted by Crippen LogP contribution is -2.08. The van der Waals surface area contributed by atoms with Crippen LogP contribution in [0.3, 0.4) is 0 Å². The number of fused-ring (bicyclic) bond motifs is 4. The van der Waals surface area contributed by atoms with E-state index in [9.17, 15) is 4.79 Å². The van der Waals surface area contributed by atoms with Crippen molar-refractivity contribution in [1.29, 1.82) is 0 Å². The van der Waals surface area contributed by atoms with Crippen LogP contribution in [0.4, 0.5) is 5.13 Å². The summed E-state index contributed by atoms with van der Waals surface area (Å²) >= 11 is 1.43. The smallest absolute Gasteiger partial charge is 0.250 e. The first-order valence-electron chi connectivity index (χ1n) is 11.2. The summed E-state index contributed by atoms with van der Waals surface area (Å²) in [6.45, 7) is 4.47. The zero-order chi connectivity index (χ0) is 22.9. The largest absolute Gasteiger partial charge is 0.496 e. The SMILES string of the molecule is CCOc1ccc2nc(NC(=O)/C=C(\C)c3cc4c5c(oc4cc3OC)CCCC5)sc2c1. The predicted octanol–water partition coefficient (Wildman–Crippen LogP) is 6.37. The van der Waals surface area contributed by atoms with E-state index in [-0.39, 0.29) is 5.91 Å². The van der Waals surface area contributed by atoms with Crippen molar-refractivity contribution >= 4 is 49.1 Å². The zero-order valence-corrected chi connectivity index (χ0v) is 19.8. The van der Waals surface area contributed by atoms with Crippen molar-refractivity contribution < 1.29 is 18.7 Å². The first-order valence-corrected chi connectivity index (χ1v) is 12.0. The summed E-state index contributed by atoms with van der Waals surface area (Å²) in [5.74, 6) is 2.34. The standard InChI is InChI=1S/C26H26N2O4S/c1-4-31-16-9-10-20-24(12-16)33-26(27-20)28-25(29)11-15(2)18-13-19-17-7-5-6-8-21(17)32-23(19)14-22(18)30-3/h9-14H,4-8H2,1-3H3,(H,27,28,29)/b15-11+. The normalized spacial score (nSPS) is 13.8. The molecule has 0 radical (unpaired) electrons. The second-order valence-corrected chi connectivity index (χ2v) is 9.19. The lowest BCUT2D eigenvalue weighted by atomic mass is 9.94. The molecular weight excluding hydrogens is 436 g/mol. The van der Waals surface area contributed by atoms with Gasteiger partial charge < -0.3 is 13.9 Å². The third-order valence-corrected chi connectivity index (χ3v) is 6.88. The molecule has 1 aliphatic carbocycles. The molecule has 0 fully saturated rings. The molecule has 0 saturated heterocycles. The van der Waals surface area contributed by atoms with E-state index >= 15 is 0 Å². The minimum Gasteiger partial charge on any atom is -0.496 e. The van der Waals surface area contributed by atoms with Crippen molar-refractivity contribution in [2.75, 3.05) is 19.0 Å². The van der Waals surface area contributed by atoms with E-state index in [0.29, 0.717) is 17.5 Å². The Bertz CT molecular complexity index is 1380. The molecule has 1 aliphatic rings. The summed E-state index contributed by atoms with van der Waals surface area (Å²) in [5.41, 5.74) is 4.67. The summed E-state index contributed by atoms with van der Waals surface area (Å²) in [6, 6.07) is 9.76. The van der Waals surface area contributed by atoms with Gasteiger partial charge >= 0.3 is 0 Å². The van der Waals surface area contributed by atoms with E-state index < -0.39 is 0 Å². The maximum Gasteiger partial charge on any atom is 0.250 e. The summed E-state index contributed by atoms with van der Waals surface area (Å²) in [4.78, 5) is 17.3. The average molecular weight is 463 g/mol. The Morgan fingerprint density at radius 2 is 2.09 bits per heavy atom. The van der Waals surface area contributed by atoms with Gasteiger partial charge in [-0.15, -0.1) is 0 Å². The molecule has 6 nitrogen and oxygen atoms in total. The molecule has 2 heterocycles. The maximum atomic E-state index is 12.8. The molecule has 7 heteroatoms. The van der Waals surface area contributed by atoms with Crippen LogP contribution in [0.5, 0.6) is 11.5 Å². The number of ether oxygens (including phenoxy) is 2. The molecule has 0 saturated carbocycles. The van der Waals surface area contributed by atoms with Gasteiger partial charge in [-0.05, 0) is 62.9 Å².